The van der Waals surface area contributed by atoms with Crippen molar-refractivity contribution in [2.45, 2.75) is 0 Å². The summed E-state index contributed by atoms with van der Waals surface area (Å²) in [5, 5.41) is 22.3. The number of carboxylic acids is 1. The number of nitrogens with one attached hydrogen (secondary N) is 2. The van der Waals surface area contributed by atoms with Crippen LogP contribution in [0.15, 0.2) is 30.0 Å². The van der Waals surface area contributed by atoms with E-state index >= 15 is 0 Å². The number of rotatable bonds is 7. The van der Waals surface area contributed by atoms with Crippen LogP contribution in [0.25, 0.3) is 0 Å². The van der Waals surface area contributed by atoms with Gasteiger partial charge in [-0.1, -0.05) is 0 Å². The second kappa shape index (κ2) is 8.16. The van der Waals surface area contributed by atoms with Crippen molar-refractivity contribution >= 4 is 17.6 Å². The van der Waals surface area contributed by atoms with Gasteiger partial charge in [0.15, 0.2) is 0 Å². The summed E-state index contributed by atoms with van der Waals surface area (Å²) in [5.41, 5.74) is 0.251. The van der Waals surface area contributed by atoms with Crippen LogP contribution in [0.3, 0.4) is 0 Å². The van der Waals surface area contributed by atoms with Gasteiger partial charge in [-0.3, -0.25) is 9.59 Å². The van der Waals surface area contributed by atoms with E-state index in [9.17, 15) is 9.59 Å². The van der Waals surface area contributed by atoms with Crippen molar-refractivity contribution in [3.05, 3.63) is 30.0 Å². The molecular formula is C14H15N3O5. The third-order valence-corrected chi connectivity index (χ3v) is 2.55. The van der Waals surface area contributed by atoms with Crippen molar-refractivity contribution in [1.82, 2.24) is 5.32 Å². The molecule has 1 amide bonds. The number of ether oxygens (including phenoxy) is 2. The number of amides is 1. The highest BCUT2D eigenvalue weighted by molar-refractivity contribution is 5.98. The molecule has 0 saturated heterocycles. The summed E-state index contributed by atoms with van der Waals surface area (Å²) in [6.07, 6.45) is 1.17. The maximum atomic E-state index is 11.6. The highest BCUT2D eigenvalue weighted by Gasteiger charge is 2.11. The van der Waals surface area contributed by atoms with Gasteiger partial charge in [0.1, 0.15) is 29.7 Å². The Morgan fingerprint density at radius 3 is 2.64 bits per heavy atom. The fourth-order valence-corrected chi connectivity index (χ4v) is 1.47. The molecule has 0 aliphatic carbocycles. The monoisotopic (exact) mass is 305 g/mol. The molecule has 1 rings (SSSR count). The van der Waals surface area contributed by atoms with E-state index in [0.29, 0.717) is 17.2 Å². The normalized spacial score (nSPS) is 10.3. The SMILES string of the molecule is COc1ccc(N/C=C(/C#N)C(=O)NCC(=O)O)c(OC)c1. The molecule has 22 heavy (non-hydrogen) atoms. The Morgan fingerprint density at radius 1 is 1.36 bits per heavy atom. The van der Waals surface area contributed by atoms with Crippen LogP contribution in [-0.2, 0) is 9.59 Å². The molecule has 0 radical (unpaired) electrons. The number of aliphatic carboxylic acids is 1. The number of carboxylic acid groups (broad SMARTS) is 1. The van der Waals surface area contributed by atoms with E-state index in [1.54, 1.807) is 24.3 Å². The molecule has 0 bridgehead atoms. The van der Waals surface area contributed by atoms with E-state index in [-0.39, 0.29) is 5.57 Å². The molecule has 8 heteroatoms. The zero-order chi connectivity index (χ0) is 16.5. The predicted octanol–water partition coefficient (Wildman–Crippen LogP) is 0.724. The zero-order valence-corrected chi connectivity index (χ0v) is 12.0. The first kappa shape index (κ1) is 16.8. The average molecular weight is 305 g/mol. The lowest BCUT2D eigenvalue weighted by molar-refractivity contribution is -0.137. The summed E-state index contributed by atoms with van der Waals surface area (Å²) < 4.78 is 10.2. The van der Waals surface area contributed by atoms with Gasteiger partial charge in [0.2, 0.25) is 0 Å². The van der Waals surface area contributed by atoms with Gasteiger partial charge < -0.3 is 25.2 Å². The van der Waals surface area contributed by atoms with Crippen LogP contribution in [0, 0.1) is 11.3 Å². The van der Waals surface area contributed by atoms with Crippen LogP contribution in [0.2, 0.25) is 0 Å². The molecule has 0 aromatic heterocycles. The molecular weight excluding hydrogens is 290 g/mol. The number of carbonyl (C=O) groups excluding carboxylic acids is 1. The Labute approximate surface area is 126 Å². The lowest BCUT2D eigenvalue weighted by Gasteiger charge is -2.10. The van der Waals surface area contributed by atoms with E-state index in [2.05, 4.69) is 10.6 Å². The first-order chi connectivity index (χ1) is 10.5. The van der Waals surface area contributed by atoms with Crippen LogP contribution in [0.4, 0.5) is 5.69 Å². The number of benzene rings is 1. The maximum absolute atomic E-state index is 11.6. The van der Waals surface area contributed by atoms with Gasteiger partial charge >= 0.3 is 5.97 Å². The number of nitriles is 1. The summed E-state index contributed by atoms with van der Waals surface area (Å²) in [6, 6.07) is 6.64. The summed E-state index contributed by atoms with van der Waals surface area (Å²) in [5.74, 6) is -0.940. The van der Waals surface area contributed by atoms with Gasteiger partial charge in [-0.25, -0.2) is 0 Å². The molecule has 0 fully saturated rings. The average Bonchev–Trinajstić information content (AvgIpc) is 2.53. The Bertz CT molecular complexity index is 634. The molecule has 116 valence electrons. The highest BCUT2D eigenvalue weighted by Crippen LogP contribution is 2.29. The summed E-state index contributed by atoms with van der Waals surface area (Å²) in [7, 11) is 2.98. The molecule has 0 atom stereocenters. The Morgan fingerprint density at radius 2 is 2.09 bits per heavy atom. The number of methoxy groups -OCH3 is 2. The molecule has 0 aliphatic rings. The minimum Gasteiger partial charge on any atom is -0.497 e. The summed E-state index contributed by atoms with van der Waals surface area (Å²) in [4.78, 5) is 22.0. The lowest BCUT2D eigenvalue weighted by Crippen LogP contribution is -2.30. The van der Waals surface area contributed by atoms with Gasteiger partial charge in [0, 0.05) is 12.3 Å². The van der Waals surface area contributed by atoms with Gasteiger partial charge in [0.25, 0.3) is 5.91 Å². The van der Waals surface area contributed by atoms with Crippen molar-refractivity contribution in [2.75, 3.05) is 26.1 Å². The minimum atomic E-state index is -1.20. The minimum absolute atomic E-state index is 0.265. The van der Waals surface area contributed by atoms with E-state index < -0.39 is 18.4 Å². The molecule has 3 N–H and O–H groups in total. The van der Waals surface area contributed by atoms with Gasteiger partial charge in [-0.05, 0) is 12.1 Å². The second-order valence-corrected chi connectivity index (χ2v) is 3.96. The second-order valence-electron chi connectivity index (χ2n) is 3.96. The van der Waals surface area contributed by atoms with E-state index in [0.717, 1.165) is 0 Å². The Balaban J connectivity index is 2.86. The highest BCUT2D eigenvalue weighted by atomic mass is 16.5. The Kier molecular flexibility index (Phi) is 6.25. The zero-order valence-electron chi connectivity index (χ0n) is 12.0. The molecule has 0 saturated carbocycles. The van der Waals surface area contributed by atoms with Gasteiger partial charge in [-0.2, -0.15) is 5.26 Å². The van der Waals surface area contributed by atoms with Crippen LogP contribution in [0.5, 0.6) is 11.5 Å². The predicted molar refractivity (Wildman–Crippen MR) is 77.5 cm³/mol. The summed E-state index contributed by atoms with van der Waals surface area (Å²) >= 11 is 0. The fraction of sp³-hybridized carbons (Fsp3) is 0.214. The molecule has 0 unspecified atom stereocenters. The van der Waals surface area contributed by atoms with Crippen LogP contribution in [-0.4, -0.2) is 37.7 Å². The first-order valence-corrected chi connectivity index (χ1v) is 6.10. The number of carbonyl (C=O) groups is 2. The molecule has 0 aliphatic heterocycles. The van der Waals surface area contributed by atoms with Crippen molar-refractivity contribution in [3.8, 4) is 17.6 Å². The topological polar surface area (TPSA) is 121 Å². The number of hydrogen-bond donors (Lipinski definition) is 3. The third-order valence-electron chi connectivity index (χ3n) is 2.55. The maximum Gasteiger partial charge on any atom is 0.322 e. The standard InChI is InChI=1S/C14H15N3O5/c1-21-10-3-4-11(12(5-10)22-2)16-7-9(6-15)14(20)17-8-13(18)19/h3-5,7,16H,8H2,1-2H3,(H,17,20)(H,18,19)/b9-7-. The quantitative estimate of drug-likeness (QED) is 0.501. The number of hydrogen-bond acceptors (Lipinski definition) is 6. The van der Waals surface area contributed by atoms with E-state index in [1.165, 1.54) is 20.4 Å². The fourth-order valence-electron chi connectivity index (χ4n) is 1.47. The van der Waals surface area contributed by atoms with Crippen molar-refractivity contribution < 1.29 is 24.2 Å². The van der Waals surface area contributed by atoms with E-state index in [4.69, 9.17) is 19.8 Å². The van der Waals surface area contributed by atoms with E-state index in [1.807, 2.05) is 0 Å². The van der Waals surface area contributed by atoms with Crippen molar-refractivity contribution in [2.24, 2.45) is 0 Å². The smallest absolute Gasteiger partial charge is 0.322 e. The van der Waals surface area contributed by atoms with Crippen molar-refractivity contribution in [1.29, 1.82) is 5.26 Å². The molecule has 0 heterocycles. The lowest BCUT2D eigenvalue weighted by atomic mass is 10.2. The van der Waals surface area contributed by atoms with Gasteiger partial charge in [-0.15, -0.1) is 0 Å². The first-order valence-electron chi connectivity index (χ1n) is 6.10. The Hall–Kier alpha value is -3.21. The van der Waals surface area contributed by atoms with Gasteiger partial charge in [0.05, 0.1) is 19.9 Å². The largest absolute Gasteiger partial charge is 0.497 e. The number of nitrogens with zero attached hydrogens (tertiary/aromatic N) is 1. The molecule has 0 spiro atoms. The van der Waals surface area contributed by atoms with Crippen LogP contribution < -0.4 is 20.1 Å². The third kappa shape index (κ3) is 4.72. The number of anilines is 1. The summed E-state index contributed by atoms with van der Waals surface area (Å²) in [6.45, 7) is -0.566. The molecule has 1 aromatic carbocycles. The van der Waals surface area contributed by atoms with Crippen molar-refractivity contribution in [3.63, 3.8) is 0 Å². The molecule has 8 nitrogen and oxygen atoms in total. The molecule has 1 aromatic rings. The van der Waals surface area contributed by atoms with Crippen LogP contribution in [0.1, 0.15) is 0 Å². The van der Waals surface area contributed by atoms with Crippen LogP contribution >= 0.6 is 0 Å².